The van der Waals surface area contributed by atoms with Crippen LogP contribution in [0, 0.1) is 0 Å². The van der Waals surface area contributed by atoms with Gasteiger partial charge in [0.1, 0.15) is 0 Å². The van der Waals surface area contributed by atoms with Gasteiger partial charge >= 0.3 is 0 Å². The molecule has 4 heteroatoms. The van der Waals surface area contributed by atoms with Crippen molar-refractivity contribution in [2.75, 3.05) is 30.7 Å². The number of amides is 1. The van der Waals surface area contributed by atoms with Gasteiger partial charge in [0.15, 0.2) is 0 Å². The molecule has 0 aliphatic carbocycles. The Balaban J connectivity index is 0. The average Bonchev–Trinajstić information content (AvgIpc) is 2.54. The Bertz CT molecular complexity index is 346. The number of nitrogen functional groups attached to an aromatic ring is 1. The molecule has 1 rings (SSSR count). The number of rotatable bonds is 6. The molecule has 0 unspecified atom stereocenters. The van der Waals surface area contributed by atoms with Crippen LogP contribution in [0.3, 0.4) is 0 Å². The minimum absolute atomic E-state index is 0.0432. The smallest absolute Gasteiger partial charge is 0.225 e. The predicted molar refractivity (Wildman–Crippen MR) is 94.6 cm³/mol. The van der Waals surface area contributed by atoms with Crippen molar-refractivity contribution in [3.63, 3.8) is 0 Å². The maximum Gasteiger partial charge on any atom is 0.225 e. The number of nitrogens with two attached hydrogens (primary N) is 1. The van der Waals surface area contributed by atoms with Crippen molar-refractivity contribution in [1.82, 2.24) is 4.90 Å². The summed E-state index contributed by atoms with van der Waals surface area (Å²) in [4.78, 5) is 13.9. The van der Waals surface area contributed by atoms with E-state index in [1.165, 1.54) is 0 Å². The molecule has 21 heavy (non-hydrogen) atoms. The number of nitrogens with zero attached hydrogens (tertiary/aromatic N) is 1. The third kappa shape index (κ3) is 10.9. The summed E-state index contributed by atoms with van der Waals surface area (Å²) in [5, 5.41) is 2.85. The van der Waals surface area contributed by atoms with Gasteiger partial charge in [-0.3, -0.25) is 4.79 Å². The van der Waals surface area contributed by atoms with Crippen LogP contribution in [-0.2, 0) is 4.79 Å². The fourth-order valence-electron chi connectivity index (χ4n) is 1.59. The van der Waals surface area contributed by atoms with E-state index in [0.29, 0.717) is 12.1 Å². The highest BCUT2D eigenvalue weighted by molar-refractivity contribution is 5.90. The van der Waals surface area contributed by atoms with Gasteiger partial charge in [-0.1, -0.05) is 41.5 Å². The Labute approximate surface area is 130 Å². The zero-order valence-electron chi connectivity index (χ0n) is 14.6. The second kappa shape index (κ2) is 14.9. The maximum atomic E-state index is 11.7. The molecular formula is C17H33N3O. The molecule has 3 N–H and O–H groups in total. The van der Waals surface area contributed by atoms with E-state index in [1.807, 2.05) is 39.8 Å². The SMILES string of the molecule is CC.CC.CCN(CC)CCC(=O)Nc1ccc(N)cc1. The van der Waals surface area contributed by atoms with Crippen molar-refractivity contribution in [3.8, 4) is 0 Å². The van der Waals surface area contributed by atoms with E-state index in [2.05, 4.69) is 24.1 Å². The van der Waals surface area contributed by atoms with Gasteiger partial charge in [0.05, 0.1) is 0 Å². The van der Waals surface area contributed by atoms with Crippen LogP contribution in [0.2, 0.25) is 0 Å². The van der Waals surface area contributed by atoms with Crippen molar-refractivity contribution >= 4 is 17.3 Å². The van der Waals surface area contributed by atoms with Gasteiger partial charge < -0.3 is 16.0 Å². The summed E-state index contributed by atoms with van der Waals surface area (Å²) >= 11 is 0. The first-order chi connectivity index (χ1) is 10.2. The highest BCUT2D eigenvalue weighted by Gasteiger charge is 2.05. The number of anilines is 2. The Morgan fingerprint density at radius 2 is 1.52 bits per heavy atom. The van der Waals surface area contributed by atoms with Crippen molar-refractivity contribution in [1.29, 1.82) is 0 Å². The molecule has 1 aromatic carbocycles. The molecule has 0 spiro atoms. The number of carbonyl (C=O) groups is 1. The molecule has 0 saturated heterocycles. The lowest BCUT2D eigenvalue weighted by atomic mass is 10.2. The molecule has 0 radical (unpaired) electrons. The van der Waals surface area contributed by atoms with Gasteiger partial charge in [-0.2, -0.15) is 0 Å². The minimum atomic E-state index is 0.0432. The lowest BCUT2D eigenvalue weighted by Gasteiger charge is -2.17. The van der Waals surface area contributed by atoms with Crippen molar-refractivity contribution < 1.29 is 4.79 Å². The van der Waals surface area contributed by atoms with E-state index in [-0.39, 0.29) is 5.91 Å². The molecule has 1 amide bonds. The highest BCUT2D eigenvalue weighted by Crippen LogP contribution is 2.10. The maximum absolute atomic E-state index is 11.7. The summed E-state index contributed by atoms with van der Waals surface area (Å²) in [5.41, 5.74) is 7.07. The standard InChI is InChI=1S/C13H21N3O.2C2H6/c1-3-16(4-2)10-9-13(17)15-12-7-5-11(14)6-8-12;2*1-2/h5-8H,3-4,9-10,14H2,1-2H3,(H,15,17);2*1-2H3. The summed E-state index contributed by atoms with van der Waals surface area (Å²) < 4.78 is 0. The van der Waals surface area contributed by atoms with Crippen LogP contribution in [0.15, 0.2) is 24.3 Å². The quantitative estimate of drug-likeness (QED) is 0.780. The monoisotopic (exact) mass is 295 g/mol. The third-order valence-electron chi connectivity index (χ3n) is 2.74. The molecule has 0 saturated carbocycles. The van der Waals surface area contributed by atoms with Gasteiger partial charge in [-0.05, 0) is 37.4 Å². The van der Waals surface area contributed by atoms with Crippen LogP contribution >= 0.6 is 0 Å². The Morgan fingerprint density at radius 1 is 1.05 bits per heavy atom. The molecule has 4 nitrogen and oxygen atoms in total. The summed E-state index contributed by atoms with van der Waals surface area (Å²) in [6.07, 6.45) is 0.520. The topological polar surface area (TPSA) is 58.4 Å². The van der Waals surface area contributed by atoms with Crippen LogP contribution in [0.1, 0.15) is 48.0 Å². The second-order valence-corrected chi connectivity index (χ2v) is 3.95. The fraction of sp³-hybridized carbons (Fsp3) is 0.588. The number of benzene rings is 1. The first-order valence-corrected chi connectivity index (χ1v) is 8.03. The molecular weight excluding hydrogens is 262 g/mol. The summed E-state index contributed by atoms with van der Waals surface area (Å²) in [6.45, 7) is 15.0. The van der Waals surface area contributed by atoms with E-state index in [9.17, 15) is 4.79 Å². The molecule has 0 fully saturated rings. The molecule has 1 aromatic rings. The van der Waals surface area contributed by atoms with Crippen LogP contribution in [-0.4, -0.2) is 30.4 Å². The molecule has 0 heterocycles. The number of nitrogens with one attached hydrogen (secondary N) is 1. The lowest BCUT2D eigenvalue weighted by molar-refractivity contribution is -0.116. The van der Waals surface area contributed by atoms with Gasteiger partial charge in [-0.25, -0.2) is 0 Å². The molecule has 0 aliphatic heterocycles. The second-order valence-electron chi connectivity index (χ2n) is 3.95. The normalized spacial score (nSPS) is 9.10. The molecule has 0 aromatic heterocycles. The van der Waals surface area contributed by atoms with Gasteiger partial charge in [0, 0.05) is 24.3 Å². The zero-order chi connectivity index (χ0) is 16.7. The number of carbonyl (C=O) groups excluding carboxylic acids is 1. The highest BCUT2D eigenvalue weighted by atomic mass is 16.1. The van der Waals surface area contributed by atoms with Crippen LogP contribution in [0.5, 0.6) is 0 Å². The first-order valence-electron chi connectivity index (χ1n) is 8.03. The molecule has 122 valence electrons. The van der Waals surface area contributed by atoms with E-state index >= 15 is 0 Å². The number of hydrogen-bond acceptors (Lipinski definition) is 3. The van der Waals surface area contributed by atoms with Crippen molar-refractivity contribution in [2.24, 2.45) is 0 Å². The summed E-state index contributed by atoms with van der Waals surface area (Å²) in [7, 11) is 0. The largest absolute Gasteiger partial charge is 0.399 e. The van der Waals surface area contributed by atoms with E-state index in [0.717, 1.165) is 25.3 Å². The first kappa shape index (κ1) is 21.7. The van der Waals surface area contributed by atoms with E-state index in [1.54, 1.807) is 12.1 Å². The van der Waals surface area contributed by atoms with Crippen LogP contribution in [0.25, 0.3) is 0 Å². The van der Waals surface area contributed by atoms with Gasteiger partial charge in [0.25, 0.3) is 0 Å². The predicted octanol–water partition coefficient (Wildman–Crippen LogP) is 3.99. The Hall–Kier alpha value is -1.55. The zero-order valence-corrected chi connectivity index (χ0v) is 14.6. The average molecular weight is 295 g/mol. The minimum Gasteiger partial charge on any atom is -0.399 e. The Morgan fingerprint density at radius 3 is 1.95 bits per heavy atom. The molecule has 0 bridgehead atoms. The summed E-state index contributed by atoms with van der Waals surface area (Å²) in [5.74, 6) is 0.0432. The van der Waals surface area contributed by atoms with Crippen LogP contribution < -0.4 is 11.1 Å². The molecule has 0 aliphatic rings. The molecule has 0 atom stereocenters. The lowest BCUT2D eigenvalue weighted by Crippen LogP contribution is -2.27. The van der Waals surface area contributed by atoms with Gasteiger partial charge in [-0.15, -0.1) is 0 Å². The van der Waals surface area contributed by atoms with Crippen LogP contribution in [0.4, 0.5) is 11.4 Å². The van der Waals surface area contributed by atoms with Gasteiger partial charge in [0.2, 0.25) is 5.91 Å². The summed E-state index contributed by atoms with van der Waals surface area (Å²) in [6, 6.07) is 7.18. The third-order valence-corrected chi connectivity index (χ3v) is 2.74. The van der Waals surface area contributed by atoms with Crippen molar-refractivity contribution in [3.05, 3.63) is 24.3 Å². The van der Waals surface area contributed by atoms with E-state index in [4.69, 9.17) is 5.73 Å². The van der Waals surface area contributed by atoms with E-state index < -0.39 is 0 Å². The Kier molecular flexibility index (Phi) is 15.4. The van der Waals surface area contributed by atoms with Crippen molar-refractivity contribution in [2.45, 2.75) is 48.0 Å². The fourth-order valence-corrected chi connectivity index (χ4v) is 1.59. The number of hydrogen-bond donors (Lipinski definition) is 2.